The standard InChI is InChI=1S/C16H20N2/c17-16(9-5-1-2-6-10-16)14-11-13-7-3-4-8-15(13)18-12-14/h3-4,7-8,11-12H,1-2,5-6,9-10,17H2. The van der Waals surface area contributed by atoms with Crippen LogP contribution < -0.4 is 5.73 Å². The second kappa shape index (κ2) is 4.69. The number of para-hydroxylation sites is 1. The van der Waals surface area contributed by atoms with Crippen LogP contribution in [-0.2, 0) is 5.54 Å². The fourth-order valence-electron chi connectivity index (χ4n) is 2.99. The average molecular weight is 240 g/mol. The van der Waals surface area contributed by atoms with Gasteiger partial charge in [0.25, 0.3) is 0 Å². The Morgan fingerprint density at radius 3 is 2.50 bits per heavy atom. The van der Waals surface area contributed by atoms with E-state index in [1.807, 2.05) is 12.3 Å². The zero-order valence-corrected chi connectivity index (χ0v) is 10.7. The molecule has 0 amide bonds. The lowest BCUT2D eigenvalue weighted by atomic mass is 9.84. The van der Waals surface area contributed by atoms with Gasteiger partial charge in [0.05, 0.1) is 5.52 Å². The van der Waals surface area contributed by atoms with E-state index in [0.717, 1.165) is 18.4 Å². The third-order valence-corrected chi connectivity index (χ3v) is 4.16. The normalized spacial score (nSPS) is 19.6. The van der Waals surface area contributed by atoms with Gasteiger partial charge in [-0.2, -0.15) is 0 Å². The minimum Gasteiger partial charge on any atom is -0.321 e. The number of nitrogens with zero attached hydrogens (tertiary/aromatic N) is 1. The zero-order chi connectivity index (χ0) is 12.4. The molecular weight excluding hydrogens is 220 g/mol. The van der Waals surface area contributed by atoms with E-state index in [0.29, 0.717) is 0 Å². The molecule has 2 heteroatoms. The minimum atomic E-state index is -0.159. The number of rotatable bonds is 1. The lowest BCUT2D eigenvalue weighted by molar-refractivity contribution is 0.385. The molecule has 1 aromatic heterocycles. The summed E-state index contributed by atoms with van der Waals surface area (Å²) in [6.07, 6.45) is 9.28. The predicted molar refractivity (Wildman–Crippen MR) is 75.3 cm³/mol. The van der Waals surface area contributed by atoms with Crippen molar-refractivity contribution in [2.24, 2.45) is 5.73 Å². The second-order valence-corrected chi connectivity index (χ2v) is 5.49. The van der Waals surface area contributed by atoms with Crippen LogP contribution in [0.5, 0.6) is 0 Å². The van der Waals surface area contributed by atoms with Crippen LogP contribution in [-0.4, -0.2) is 4.98 Å². The highest BCUT2D eigenvalue weighted by atomic mass is 14.8. The number of nitrogens with two attached hydrogens (primary N) is 1. The number of hydrogen-bond donors (Lipinski definition) is 1. The summed E-state index contributed by atoms with van der Waals surface area (Å²) in [6.45, 7) is 0. The van der Waals surface area contributed by atoms with Gasteiger partial charge in [-0.15, -0.1) is 0 Å². The fraction of sp³-hybridized carbons (Fsp3) is 0.438. The van der Waals surface area contributed by atoms with Crippen molar-refractivity contribution in [3.8, 4) is 0 Å². The molecule has 1 saturated carbocycles. The maximum Gasteiger partial charge on any atom is 0.0702 e. The number of benzene rings is 1. The number of fused-ring (bicyclic) bond motifs is 1. The second-order valence-electron chi connectivity index (χ2n) is 5.49. The van der Waals surface area contributed by atoms with Crippen molar-refractivity contribution in [3.63, 3.8) is 0 Å². The van der Waals surface area contributed by atoms with Crippen molar-refractivity contribution in [1.29, 1.82) is 0 Å². The molecule has 2 nitrogen and oxygen atoms in total. The summed E-state index contributed by atoms with van der Waals surface area (Å²) in [4.78, 5) is 4.55. The van der Waals surface area contributed by atoms with Crippen LogP contribution >= 0.6 is 0 Å². The topological polar surface area (TPSA) is 38.9 Å². The van der Waals surface area contributed by atoms with Gasteiger partial charge in [0, 0.05) is 17.1 Å². The van der Waals surface area contributed by atoms with Crippen molar-refractivity contribution >= 4 is 10.9 Å². The van der Waals surface area contributed by atoms with Gasteiger partial charge < -0.3 is 5.73 Å². The number of pyridine rings is 1. The molecule has 0 aliphatic heterocycles. The SMILES string of the molecule is NC1(c2cnc3ccccc3c2)CCCCCC1. The summed E-state index contributed by atoms with van der Waals surface area (Å²) < 4.78 is 0. The van der Waals surface area contributed by atoms with Crippen molar-refractivity contribution in [1.82, 2.24) is 4.98 Å². The van der Waals surface area contributed by atoms with Crippen LogP contribution in [0.1, 0.15) is 44.1 Å². The van der Waals surface area contributed by atoms with E-state index in [-0.39, 0.29) is 5.54 Å². The van der Waals surface area contributed by atoms with Crippen LogP contribution in [0.25, 0.3) is 10.9 Å². The van der Waals surface area contributed by atoms with E-state index in [9.17, 15) is 0 Å². The summed E-state index contributed by atoms with van der Waals surface area (Å²) in [6, 6.07) is 10.5. The van der Waals surface area contributed by atoms with E-state index in [1.54, 1.807) is 0 Å². The zero-order valence-electron chi connectivity index (χ0n) is 10.7. The molecule has 1 aliphatic carbocycles. The molecule has 2 aromatic rings. The first-order chi connectivity index (χ1) is 8.78. The van der Waals surface area contributed by atoms with Crippen molar-refractivity contribution in [2.45, 2.75) is 44.1 Å². The molecule has 1 fully saturated rings. The minimum absolute atomic E-state index is 0.159. The molecule has 94 valence electrons. The molecule has 0 saturated heterocycles. The molecular formula is C16H20N2. The Hall–Kier alpha value is -1.41. The first-order valence-electron chi connectivity index (χ1n) is 6.92. The van der Waals surface area contributed by atoms with Crippen molar-refractivity contribution in [3.05, 3.63) is 42.1 Å². The van der Waals surface area contributed by atoms with Crippen LogP contribution in [0.3, 0.4) is 0 Å². The van der Waals surface area contributed by atoms with Gasteiger partial charge in [0.15, 0.2) is 0 Å². The van der Waals surface area contributed by atoms with E-state index in [1.165, 1.54) is 36.6 Å². The molecule has 1 aromatic carbocycles. The molecule has 1 aliphatic rings. The Labute approximate surface area is 108 Å². The van der Waals surface area contributed by atoms with Gasteiger partial charge in [-0.25, -0.2) is 0 Å². The highest BCUT2D eigenvalue weighted by Gasteiger charge is 2.28. The molecule has 0 spiro atoms. The molecule has 0 atom stereocenters. The monoisotopic (exact) mass is 240 g/mol. The summed E-state index contributed by atoms with van der Waals surface area (Å²) in [5.41, 5.74) is 8.74. The van der Waals surface area contributed by atoms with E-state index in [4.69, 9.17) is 5.73 Å². The largest absolute Gasteiger partial charge is 0.321 e. The lowest BCUT2D eigenvalue weighted by Crippen LogP contribution is -2.36. The maximum absolute atomic E-state index is 6.63. The molecule has 0 unspecified atom stereocenters. The van der Waals surface area contributed by atoms with Crippen LogP contribution in [0.2, 0.25) is 0 Å². The predicted octanol–water partition coefficient (Wildman–Crippen LogP) is 3.74. The summed E-state index contributed by atoms with van der Waals surface area (Å²) in [5.74, 6) is 0. The highest BCUT2D eigenvalue weighted by molar-refractivity contribution is 5.78. The Balaban J connectivity index is 2.02. The van der Waals surface area contributed by atoms with Crippen molar-refractivity contribution < 1.29 is 0 Å². The van der Waals surface area contributed by atoms with Gasteiger partial charge >= 0.3 is 0 Å². The number of aromatic nitrogens is 1. The van der Waals surface area contributed by atoms with Gasteiger partial charge in [-0.3, -0.25) is 4.98 Å². The Morgan fingerprint density at radius 1 is 1.00 bits per heavy atom. The maximum atomic E-state index is 6.63. The van der Waals surface area contributed by atoms with Crippen LogP contribution in [0, 0.1) is 0 Å². The molecule has 3 rings (SSSR count). The third kappa shape index (κ3) is 2.13. The van der Waals surface area contributed by atoms with Gasteiger partial charge in [0.2, 0.25) is 0 Å². The molecule has 18 heavy (non-hydrogen) atoms. The van der Waals surface area contributed by atoms with Gasteiger partial charge in [-0.1, -0.05) is 43.9 Å². The van der Waals surface area contributed by atoms with E-state index >= 15 is 0 Å². The molecule has 0 radical (unpaired) electrons. The molecule has 0 bridgehead atoms. The first kappa shape index (κ1) is 11.7. The van der Waals surface area contributed by atoms with Crippen molar-refractivity contribution in [2.75, 3.05) is 0 Å². The first-order valence-corrected chi connectivity index (χ1v) is 6.92. The Kier molecular flexibility index (Phi) is 3.04. The summed E-state index contributed by atoms with van der Waals surface area (Å²) in [7, 11) is 0. The molecule has 2 N–H and O–H groups in total. The van der Waals surface area contributed by atoms with E-state index in [2.05, 4.69) is 29.2 Å². The number of hydrogen-bond acceptors (Lipinski definition) is 2. The Bertz CT molecular complexity index is 540. The van der Waals surface area contributed by atoms with Crippen LogP contribution in [0.15, 0.2) is 36.5 Å². The Morgan fingerprint density at radius 2 is 1.72 bits per heavy atom. The average Bonchev–Trinajstić information content (AvgIpc) is 2.64. The van der Waals surface area contributed by atoms with Gasteiger partial charge in [-0.05, 0) is 30.5 Å². The van der Waals surface area contributed by atoms with Gasteiger partial charge in [0.1, 0.15) is 0 Å². The smallest absolute Gasteiger partial charge is 0.0702 e. The van der Waals surface area contributed by atoms with Crippen LogP contribution in [0.4, 0.5) is 0 Å². The summed E-state index contributed by atoms with van der Waals surface area (Å²) in [5, 5.41) is 1.20. The fourth-order valence-corrected chi connectivity index (χ4v) is 2.99. The quantitative estimate of drug-likeness (QED) is 0.771. The highest BCUT2D eigenvalue weighted by Crippen LogP contribution is 2.34. The summed E-state index contributed by atoms with van der Waals surface area (Å²) >= 11 is 0. The lowest BCUT2D eigenvalue weighted by Gasteiger charge is -2.28. The third-order valence-electron chi connectivity index (χ3n) is 4.16. The van der Waals surface area contributed by atoms with E-state index < -0.39 is 0 Å². The molecule has 1 heterocycles.